The molecule has 3 N–H and O–H groups in total. The van der Waals surface area contributed by atoms with Crippen LogP contribution in [-0.2, 0) is 22.6 Å². The highest BCUT2D eigenvalue weighted by Gasteiger charge is 2.55. The molecule has 2 aromatic heterocycles. The number of carbonyl (C=O) groups is 3. The van der Waals surface area contributed by atoms with Crippen molar-refractivity contribution in [2.45, 2.75) is 19.0 Å². The van der Waals surface area contributed by atoms with E-state index in [0.717, 1.165) is 16.0 Å². The zero-order chi connectivity index (χ0) is 23.4. The lowest BCUT2D eigenvalue weighted by atomic mass is 9.81. The third-order valence-electron chi connectivity index (χ3n) is 5.65. The van der Waals surface area contributed by atoms with Gasteiger partial charge in [0, 0.05) is 37.9 Å². The molecular weight excluding hydrogens is 420 g/mol. The summed E-state index contributed by atoms with van der Waals surface area (Å²) in [7, 11) is 1.61. The third-order valence-corrected chi connectivity index (χ3v) is 5.65. The molecule has 0 unspecified atom stereocenters. The Morgan fingerprint density at radius 3 is 2.48 bits per heavy atom. The number of anilines is 2. The van der Waals surface area contributed by atoms with E-state index in [1.807, 2.05) is 30.3 Å². The summed E-state index contributed by atoms with van der Waals surface area (Å²) in [5, 5.41) is 2.74. The first kappa shape index (κ1) is 21.9. The summed E-state index contributed by atoms with van der Waals surface area (Å²) >= 11 is 0. The van der Waals surface area contributed by atoms with Crippen LogP contribution >= 0.6 is 0 Å². The van der Waals surface area contributed by atoms with Gasteiger partial charge in [0.25, 0.3) is 5.91 Å². The summed E-state index contributed by atoms with van der Waals surface area (Å²) in [4.78, 5) is 49.7. The quantitative estimate of drug-likeness (QED) is 0.561. The number of nitrogens with two attached hydrogens (primary N) is 1. The molecule has 1 fully saturated rings. The summed E-state index contributed by atoms with van der Waals surface area (Å²) in [6.07, 6.45) is 4.98. The lowest BCUT2D eigenvalue weighted by Gasteiger charge is -2.45. The van der Waals surface area contributed by atoms with Gasteiger partial charge >= 0.3 is 6.03 Å². The van der Waals surface area contributed by atoms with Crippen molar-refractivity contribution in [1.29, 1.82) is 0 Å². The third kappa shape index (κ3) is 4.67. The van der Waals surface area contributed by atoms with Crippen LogP contribution in [0.1, 0.15) is 11.1 Å². The minimum Gasteiger partial charge on any atom is -0.384 e. The molecule has 9 nitrogen and oxygen atoms in total. The largest absolute Gasteiger partial charge is 0.384 e. The van der Waals surface area contributed by atoms with Crippen LogP contribution in [0.5, 0.6) is 0 Å². The molecular formula is C24H24N6O3. The predicted molar refractivity (Wildman–Crippen MR) is 123 cm³/mol. The number of nitrogen functional groups attached to an aromatic ring is 1. The Morgan fingerprint density at radius 2 is 1.79 bits per heavy atom. The van der Waals surface area contributed by atoms with Gasteiger partial charge in [-0.1, -0.05) is 30.3 Å². The first-order valence-corrected chi connectivity index (χ1v) is 10.5. The molecule has 2 atom stereocenters. The Balaban J connectivity index is 1.55. The highest BCUT2D eigenvalue weighted by atomic mass is 16.2. The van der Waals surface area contributed by atoms with Gasteiger partial charge in [0.1, 0.15) is 11.9 Å². The van der Waals surface area contributed by atoms with Crippen molar-refractivity contribution in [3.63, 3.8) is 0 Å². The van der Waals surface area contributed by atoms with Crippen LogP contribution in [0.3, 0.4) is 0 Å². The number of hydrogen-bond donors (Lipinski definition) is 2. The highest BCUT2D eigenvalue weighted by molar-refractivity contribution is 6.12. The van der Waals surface area contributed by atoms with Crippen LogP contribution in [0.25, 0.3) is 0 Å². The second kappa shape index (κ2) is 9.47. The minimum absolute atomic E-state index is 0.246. The maximum absolute atomic E-state index is 13.4. The fraction of sp³-hybridized carbons (Fsp3) is 0.208. The normalized spacial score (nSPS) is 17.2. The fourth-order valence-electron chi connectivity index (χ4n) is 3.88. The standard InChI is InChI=1S/C24H24N6O3/c1-29(18-8-10-26-11-9-18)23(32)21-19(13-17-7-12-27-20(25)14-17)22(31)30(21)24(33)28-15-16-5-3-2-4-6-16/h2-12,14,19,21H,13,15H2,1H3,(H2,25,27)(H,28,33)/t19-,21+/m1/s1. The molecule has 3 aromatic rings. The molecule has 1 saturated heterocycles. The molecule has 9 heteroatoms. The van der Waals surface area contributed by atoms with Crippen molar-refractivity contribution in [3.8, 4) is 0 Å². The van der Waals surface area contributed by atoms with E-state index in [9.17, 15) is 14.4 Å². The summed E-state index contributed by atoms with van der Waals surface area (Å²) in [6.45, 7) is 0.246. The number of nitrogens with one attached hydrogen (secondary N) is 1. The molecule has 4 rings (SSSR count). The van der Waals surface area contributed by atoms with Gasteiger partial charge in [-0.25, -0.2) is 9.78 Å². The van der Waals surface area contributed by atoms with E-state index in [1.165, 1.54) is 4.90 Å². The van der Waals surface area contributed by atoms with Crippen LogP contribution in [0.2, 0.25) is 0 Å². The van der Waals surface area contributed by atoms with Gasteiger partial charge < -0.3 is 16.0 Å². The Morgan fingerprint density at radius 1 is 1.06 bits per heavy atom. The van der Waals surface area contributed by atoms with E-state index in [2.05, 4.69) is 15.3 Å². The average Bonchev–Trinajstić information content (AvgIpc) is 2.84. The van der Waals surface area contributed by atoms with Gasteiger partial charge in [0.05, 0.1) is 5.92 Å². The molecule has 33 heavy (non-hydrogen) atoms. The van der Waals surface area contributed by atoms with E-state index >= 15 is 0 Å². The van der Waals surface area contributed by atoms with Crippen molar-refractivity contribution in [1.82, 2.24) is 20.2 Å². The molecule has 4 amide bonds. The second-order valence-corrected chi connectivity index (χ2v) is 7.80. The number of urea groups is 1. The van der Waals surface area contributed by atoms with E-state index in [4.69, 9.17) is 5.73 Å². The van der Waals surface area contributed by atoms with Gasteiger partial charge in [0.2, 0.25) is 5.91 Å². The van der Waals surface area contributed by atoms with Crippen molar-refractivity contribution >= 4 is 29.4 Å². The van der Waals surface area contributed by atoms with E-state index in [0.29, 0.717) is 11.5 Å². The van der Waals surface area contributed by atoms with Crippen LogP contribution < -0.4 is 16.0 Å². The Hall–Kier alpha value is -4.27. The van der Waals surface area contributed by atoms with Crippen LogP contribution in [-0.4, -0.2) is 45.8 Å². The molecule has 0 aliphatic carbocycles. The number of likely N-dealkylation sites (N-methyl/N-ethyl adjacent to an activating group) is 1. The zero-order valence-electron chi connectivity index (χ0n) is 18.1. The molecule has 1 aromatic carbocycles. The van der Waals surface area contributed by atoms with Gasteiger partial charge in [-0.2, -0.15) is 0 Å². The molecule has 0 spiro atoms. The van der Waals surface area contributed by atoms with Crippen LogP contribution in [0.15, 0.2) is 73.2 Å². The zero-order valence-corrected chi connectivity index (χ0v) is 18.1. The molecule has 0 radical (unpaired) electrons. The summed E-state index contributed by atoms with van der Waals surface area (Å²) in [5.41, 5.74) is 8.04. The van der Waals surface area contributed by atoms with Gasteiger partial charge in [0.15, 0.2) is 0 Å². The Kier molecular flexibility index (Phi) is 6.30. The molecule has 1 aliphatic heterocycles. The number of nitrogens with zero attached hydrogens (tertiary/aromatic N) is 4. The highest BCUT2D eigenvalue weighted by Crippen LogP contribution is 2.32. The van der Waals surface area contributed by atoms with Crippen LogP contribution in [0, 0.1) is 5.92 Å². The fourth-order valence-corrected chi connectivity index (χ4v) is 3.88. The van der Waals surface area contributed by atoms with Gasteiger partial charge in [-0.3, -0.25) is 19.5 Å². The summed E-state index contributed by atoms with van der Waals surface area (Å²) < 4.78 is 0. The minimum atomic E-state index is -0.944. The molecule has 3 heterocycles. The van der Waals surface area contributed by atoms with Crippen molar-refractivity contribution in [3.05, 3.63) is 84.3 Å². The number of hydrogen-bond acceptors (Lipinski definition) is 6. The van der Waals surface area contributed by atoms with Crippen LogP contribution in [0.4, 0.5) is 16.3 Å². The SMILES string of the molecule is CN(C(=O)[C@@H]1[C@@H](Cc2ccnc(N)c2)C(=O)N1C(=O)NCc1ccccc1)c1ccncc1. The molecule has 168 valence electrons. The molecule has 0 saturated carbocycles. The number of aromatic nitrogens is 2. The van der Waals surface area contributed by atoms with Crippen molar-refractivity contribution < 1.29 is 14.4 Å². The number of pyridine rings is 2. The first-order valence-electron chi connectivity index (χ1n) is 10.5. The maximum atomic E-state index is 13.4. The predicted octanol–water partition coefficient (Wildman–Crippen LogP) is 2.00. The topological polar surface area (TPSA) is 122 Å². The molecule has 1 aliphatic rings. The van der Waals surface area contributed by atoms with Crippen molar-refractivity contribution in [2.75, 3.05) is 17.7 Å². The van der Waals surface area contributed by atoms with Gasteiger partial charge in [-0.15, -0.1) is 0 Å². The number of amides is 4. The average molecular weight is 444 g/mol. The number of likely N-dealkylation sites (tertiary alicyclic amines) is 1. The first-order chi connectivity index (χ1) is 16.0. The summed E-state index contributed by atoms with van der Waals surface area (Å²) in [5.74, 6) is -1.13. The van der Waals surface area contributed by atoms with Gasteiger partial charge in [-0.05, 0) is 41.8 Å². The maximum Gasteiger partial charge on any atom is 0.325 e. The number of benzene rings is 1. The second-order valence-electron chi connectivity index (χ2n) is 7.80. The number of rotatable bonds is 6. The lowest BCUT2D eigenvalue weighted by molar-refractivity contribution is -0.156. The van der Waals surface area contributed by atoms with E-state index in [-0.39, 0.29) is 18.9 Å². The summed E-state index contributed by atoms with van der Waals surface area (Å²) in [6, 6.07) is 14.6. The number of carbonyl (C=O) groups excluding carboxylic acids is 3. The Bertz CT molecular complexity index is 1160. The van der Waals surface area contributed by atoms with E-state index < -0.39 is 23.9 Å². The lowest BCUT2D eigenvalue weighted by Crippen LogP contribution is -2.70. The molecule has 0 bridgehead atoms. The number of β-lactam (4-membered cyclic amide) rings is 1. The van der Waals surface area contributed by atoms with Crippen molar-refractivity contribution in [2.24, 2.45) is 5.92 Å². The number of imide groups is 1. The monoisotopic (exact) mass is 444 g/mol. The smallest absolute Gasteiger partial charge is 0.325 e. The van der Waals surface area contributed by atoms with E-state index in [1.54, 1.807) is 49.9 Å². The Labute approximate surface area is 191 Å².